The third-order valence-electron chi connectivity index (χ3n) is 2.70. The topological polar surface area (TPSA) is 30.5 Å². The van der Waals surface area contributed by atoms with E-state index in [1.807, 2.05) is 43.4 Å². The van der Waals surface area contributed by atoms with E-state index in [9.17, 15) is 0 Å². The van der Waals surface area contributed by atoms with Crippen LogP contribution >= 0.6 is 11.6 Å². The van der Waals surface area contributed by atoms with Gasteiger partial charge >= 0.3 is 0 Å². The Bertz CT molecular complexity index is 546. The van der Waals surface area contributed by atoms with Gasteiger partial charge in [0.05, 0.1) is 0 Å². The molecular weight excluding hydrogens is 274 g/mol. The summed E-state index contributed by atoms with van der Waals surface area (Å²) in [7, 11) is 1.92. The van der Waals surface area contributed by atoms with E-state index in [-0.39, 0.29) is 0 Å². The first-order valence-electron chi connectivity index (χ1n) is 6.52. The smallest absolute Gasteiger partial charge is 0.122 e. The second kappa shape index (κ2) is 7.78. The maximum Gasteiger partial charge on any atom is 0.122 e. The van der Waals surface area contributed by atoms with E-state index in [4.69, 9.17) is 21.1 Å². The first kappa shape index (κ1) is 14.7. The van der Waals surface area contributed by atoms with Crippen LogP contribution in [0.15, 0.2) is 48.5 Å². The number of hydrogen-bond donors (Lipinski definition) is 1. The van der Waals surface area contributed by atoms with Crippen molar-refractivity contribution < 1.29 is 9.47 Å². The molecule has 0 atom stereocenters. The fourth-order valence-corrected chi connectivity index (χ4v) is 2.01. The second-order valence-electron chi connectivity index (χ2n) is 4.33. The summed E-state index contributed by atoms with van der Waals surface area (Å²) in [6.45, 7) is 1.81. The van der Waals surface area contributed by atoms with Crippen LogP contribution in [0.3, 0.4) is 0 Å². The van der Waals surface area contributed by atoms with Crippen molar-refractivity contribution in [3.63, 3.8) is 0 Å². The fraction of sp³-hybridized carbons (Fsp3) is 0.250. The molecule has 0 heterocycles. The molecule has 20 heavy (non-hydrogen) atoms. The number of nitrogens with one attached hydrogen (secondary N) is 1. The van der Waals surface area contributed by atoms with Gasteiger partial charge < -0.3 is 14.8 Å². The summed E-state index contributed by atoms with van der Waals surface area (Å²) in [6.07, 6.45) is 0. The number of ether oxygens (including phenoxy) is 2. The predicted octanol–water partition coefficient (Wildman–Crippen LogP) is 3.52. The minimum Gasteiger partial charge on any atom is -0.490 e. The second-order valence-corrected chi connectivity index (χ2v) is 4.77. The molecule has 0 bridgehead atoms. The molecular formula is C16H18ClNO2. The van der Waals surface area contributed by atoms with E-state index < -0.39 is 0 Å². The Hall–Kier alpha value is -1.71. The van der Waals surface area contributed by atoms with Crippen LogP contribution in [-0.4, -0.2) is 20.3 Å². The Morgan fingerprint density at radius 1 is 0.950 bits per heavy atom. The maximum absolute atomic E-state index is 5.88. The number of rotatable bonds is 7. The Kier molecular flexibility index (Phi) is 5.71. The van der Waals surface area contributed by atoms with Crippen LogP contribution in [-0.2, 0) is 6.54 Å². The molecule has 3 nitrogen and oxygen atoms in total. The molecule has 1 N–H and O–H groups in total. The van der Waals surface area contributed by atoms with Gasteiger partial charge in [-0.3, -0.25) is 0 Å². The van der Waals surface area contributed by atoms with E-state index in [0.717, 1.165) is 18.0 Å². The fourth-order valence-electron chi connectivity index (χ4n) is 1.83. The molecule has 4 heteroatoms. The van der Waals surface area contributed by atoms with Crippen molar-refractivity contribution >= 4 is 11.6 Å². The van der Waals surface area contributed by atoms with Gasteiger partial charge in [0.2, 0.25) is 0 Å². The highest BCUT2D eigenvalue weighted by Crippen LogP contribution is 2.17. The van der Waals surface area contributed by atoms with Crippen molar-refractivity contribution in [2.24, 2.45) is 0 Å². The predicted molar refractivity (Wildman–Crippen MR) is 81.6 cm³/mol. The van der Waals surface area contributed by atoms with Gasteiger partial charge in [0.1, 0.15) is 24.7 Å². The molecule has 2 rings (SSSR count). The third-order valence-corrected chi connectivity index (χ3v) is 2.93. The zero-order valence-electron chi connectivity index (χ0n) is 11.4. The van der Waals surface area contributed by atoms with Gasteiger partial charge in [-0.05, 0) is 42.9 Å². The van der Waals surface area contributed by atoms with Gasteiger partial charge in [-0.2, -0.15) is 0 Å². The summed E-state index contributed by atoms with van der Waals surface area (Å²) >= 11 is 5.88. The lowest BCUT2D eigenvalue weighted by atomic mass is 10.2. The molecule has 0 radical (unpaired) electrons. The van der Waals surface area contributed by atoms with E-state index in [0.29, 0.717) is 18.2 Å². The minimum absolute atomic E-state index is 0.483. The standard InChI is InChI=1S/C16H18ClNO2/c1-18-12-13-4-2-6-15(10-13)19-8-9-20-16-7-3-5-14(17)11-16/h2-7,10-11,18H,8-9,12H2,1H3. The SMILES string of the molecule is CNCc1cccc(OCCOc2cccc(Cl)c2)c1. The van der Waals surface area contributed by atoms with Crippen LogP contribution in [0.5, 0.6) is 11.5 Å². The highest BCUT2D eigenvalue weighted by atomic mass is 35.5. The maximum atomic E-state index is 5.88. The summed E-state index contributed by atoms with van der Waals surface area (Å²) in [4.78, 5) is 0. The Morgan fingerprint density at radius 2 is 1.60 bits per heavy atom. The monoisotopic (exact) mass is 291 g/mol. The van der Waals surface area contributed by atoms with Crippen LogP contribution in [0.1, 0.15) is 5.56 Å². The molecule has 0 aliphatic carbocycles. The molecule has 0 fully saturated rings. The van der Waals surface area contributed by atoms with Gasteiger partial charge in [0.25, 0.3) is 0 Å². The Balaban J connectivity index is 1.77. The lowest BCUT2D eigenvalue weighted by Crippen LogP contribution is -2.09. The summed E-state index contributed by atoms with van der Waals surface area (Å²) in [5, 5.41) is 3.78. The number of hydrogen-bond acceptors (Lipinski definition) is 3. The molecule has 0 amide bonds. The van der Waals surface area contributed by atoms with Gasteiger partial charge in [-0.25, -0.2) is 0 Å². The molecule has 0 aliphatic rings. The van der Waals surface area contributed by atoms with Gasteiger partial charge in [0, 0.05) is 11.6 Å². The largest absolute Gasteiger partial charge is 0.490 e. The quantitative estimate of drug-likeness (QED) is 0.792. The third kappa shape index (κ3) is 4.76. The Labute approximate surface area is 124 Å². The van der Waals surface area contributed by atoms with Crippen molar-refractivity contribution in [1.29, 1.82) is 0 Å². The van der Waals surface area contributed by atoms with Crippen LogP contribution in [0.25, 0.3) is 0 Å². The molecule has 2 aromatic rings. The summed E-state index contributed by atoms with van der Waals surface area (Å²) in [5.74, 6) is 1.61. The molecule has 0 aliphatic heterocycles. The van der Waals surface area contributed by atoms with Crippen molar-refractivity contribution in [3.05, 3.63) is 59.1 Å². The molecule has 0 spiro atoms. The van der Waals surface area contributed by atoms with Crippen molar-refractivity contribution in [3.8, 4) is 11.5 Å². The van der Waals surface area contributed by atoms with E-state index in [1.165, 1.54) is 5.56 Å². The van der Waals surface area contributed by atoms with Crippen LogP contribution < -0.4 is 14.8 Å². The summed E-state index contributed by atoms with van der Waals surface area (Å²) < 4.78 is 11.2. The molecule has 0 aromatic heterocycles. The Morgan fingerprint density at radius 3 is 2.25 bits per heavy atom. The first-order valence-corrected chi connectivity index (χ1v) is 6.90. The molecule has 0 saturated heterocycles. The summed E-state index contributed by atoms with van der Waals surface area (Å²) in [6, 6.07) is 15.4. The van der Waals surface area contributed by atoms with E-state index >= 15 is 0 Å². The van der Waals surface area contributed by atoms with Crippen molar-refractivity contribution in [2.45, 2.75) is 6.54 Å². The van der Waals surface area contributed by atoms with Gasteiger partial charge in [0.15, 0.2) is 0 Å². The van der Waals surface area contributed by atoms with E-state index in [1.54, 1.807) is 6.07 Å². The zero-order chi connectivity index (χ0) is 14.2. The van der Waals surface area contributed by atoms with E-state index in [2.05, 4.69) is 11.4 Å². The highest BCUT2D eigenvalue weighted by molar-refractivity contribution is 6.30. The molecule has 0 saturated carbocycles. The number of benzene rings is 2. The van der Waals surface area contributed by atoms with Crippen molar-refractivity contribution in [1.82, 2.24) is 5.32 Å². The molecule has 106 valence electrons. The van der Waals surface area contributed by atoms with Gasteiger partial charge in [-0.15, -0.1) is 0 Å². The summed E-state index contributed by atoms with van der Waals surface area (Å²) in [5.41, 5.74) is 1.20. The van der Waals surface area contributed by atoms with Crippen LogP contribution in [0, 0.1) is 0 Å². The molecule has 0 unspecified atom stereocenters. The van der Waals surface area contributed by atoms with Crippen LogP contribution in [0.2, 0.25) is 5.02 Å². The van der Waals surface area contributed by atoms with Crippen LogP contribution in [0.4, 0.5) is 0 Å². The average molecular weight is 292 g/mol. The lowest BCUT2D eigenvalue weighted by molar-refractivity contribution is 0.217. The normalized spacial score (nSPS) is 10.3. The average Bonchev–Trinajstić information content (AvgIpc) is 2.45. The zero-order valence-corrected chi connectivity index (χ0v) is 12.2. The highest BCUT2D eigenvalue weighted by Gasteiger charge is 1.98. The van der Waals surface area contributed by atoms with Gasteiger partial charge in [-0.1, -0.05) is 29.8 Å². The number of halogens is 1. The first-order chi connectivity index (χ1) is 9.78. The molecule has 2 aromatic carbocycles. The van der Waals surface area contributed by atoms with Crippen molar-refractivity contribution in [2.75, 3.05) is 20.3 Å². The lowest BCUT2D eigenvalue weighted by Gasteiger charge is -2.09. The minimum atomic E-state index is 0.483.